The predicted octanol–water partition coefficient (Wildman–Crippen LogP) is 2.41. The molecule has 1 atom stereocenters. The molecule has 1 saturated carbocycles. The van der Waals surface area contributed by atoms with Crippen molar-refractivity contribution in [2.75, 3.05) is 25.9 Å². The average molecular weight is 377 g/mol. The number of hydrogen-bond donors (Lipinski definition) is 0. The van der Waals surface area contributed by atoms with Gasteiger partial charge in [-0.2, -0.15) is 0 Å². The van der Waals surface area contributed by atoms with Crippen LogP contribution in [0.15, 0.2) is 24.3 Å². The van der Waals surface area contributed by atoms with Gasteiger partial charge in [0.25, 0.3) is 0 Å². The molecule has 0 radical (unpaired) electrons. The number of amides is 1. The van der Waals surface area contributed by atoms with Gasteiger partial charge in [-0.1, -0.05) is 43.5 Å². The molecule has 2 heterocycles. The molecule has 0 aromatic heterocycles. The van der Waals surface area contributed by atoms with Crippen molar-refractivity contribution in [3.8, 4) is 0 Å². The molecule has 1 aromatic carbocycles. The van der Waals surface area contributed by atoms with Gasteiger partial charge >= 0.3 is 0 Å². The van der Waals surface area contributed by atoms with Crippen LogP contribution >= 0.6 is 0 Å². The Labute approximate surface area is 156 Å². The van der Waals surface area contributed by atoms with Crippen molar-refractivity contribution in [3.63, 3.8) is 0 Å². The van der Waals surface area contributed by atoms with Gasteiger partial charge in [-0.25, -0.2) is 12.7 Å². The third-order valence-corrected chi connectivity index (χ3v) is 7.89. The summed E-state index contributed by atoms with van der Waals surface area (Å²) >= 11 is 0. The molecule has 142 valence electrons. The quantitative estimate of drug-likeness (QED) is 0.796. The second-order valence-electron chi connectivity index (χ2n) is 8.31. The zero-order chi connectivity index (χ0) is 18.4. The maximum Gasteiger partial charge on any atom is 0.227 e. The number of rotatable bonds is 2. The summed E-state index contributed by atoms with van der Waals surface area (Å²) < 4.78 is 25.9. The number of sulfonamides is 1. The van der Waals surface area contributed by atoms with Gasteiger partial charge in [0, 0.05) is 26.2 Å². The summed E-state index contributed by atoms with van der Waals surface area (Å²) in [4.78, 5) is 15.4. The van der Waals surface area contributed by atoms with Crippen molar-refractivity contribution < 1.29 is 13.2 Å². The van der Waals surface area contributed by atoms with Crippen molar-refractivity contribution in [1.29, 1.82) is 0 Å². The standard InChI is InChI=1S/C20H28N2O3S/c1-26(24,25)22-14-18(20(15-22)10-5-2-6-11-20)19(23)21-12-9-16-7-3-4-8-17(16)13-21/h3-4,7-8,18H,2,5-6,9-15H2,1H3. The fraction of sp³-hybridized carbons (Fsp3) is 0.650. The number of nitrogens with zero attached hydrogens (tertiary/aromatic N) is 2. The van der Waals surface area contributed by atoms with Crippen molar-refractivity contribution >= 4 is 15.9 Å². The Hall–Kier alpha value is -1.40. The molecule has 4 rings (SSSR count). The van der Waals surface area contributed by atoms with E-state index in [0.29, 0.717) is 19.6 Å². The van der Waals surface area contributed by atoms with Gasteiger partial charge in [0.2, 0.25) is 15.9 Å². The first-order valence-corrected chi connectivity index (χ1v) is 11.5. The normalized spacial score (nSPS) is 26.0. The Morgan fingerprint density at radius 1 is 1.12 bits per heavy atom. The lowest BCUT2D eigenvalue weighted by atomic mass is 9.67. The zero-order valence-electron chi connectivity index (χ0n) is 15.5. The summed E-state index contributed by atoms with van der Waals surface area (Å²) in [5.41, 5.74) is 2.39. The van der Waals surface area contributed by atoms with Gasteiger partial charge in [0.1, 0.15) is 0 Å². The van der Waals surface area contributed by atoms with Crippen LogP contribution in [0.1, 0.15) is 43.2 Å². The summed E-state index contributed by atoms with van der Waals surface area (Å²) in [7, 11) is -3.26. The maximum atomic E-state index is 13.5. The van der Waals surface area contributed by atoms with E-state index in [0.717, 1.165) is 38.6 Å². The van der Waals surface area contributed by atoms with Crippen LogP contribution in [-0.4, -0.2) is 49.4 Å². The lowest BCUT2D eigenvalue weighted by molar-refractivity contribution is -0.140. The van der Waals surface area contributed by atoms with E-state index in [1.54, 1.807) is 4.31 Å². The molecule has 1 saturated heterocycles. The van der Waals surface area contributed by atoms with Gasteiger partial charge in [-0.3, -0.25) is 4.79 Å². The lowest BCUT2D eigenvalue weighted by Gasteiger charge is -2.40. The van der Waals surface area contributed by atoms with E-state index in [1.165, 1.54) is 23.8 Å². The topological polar surface area (TPSA) is 57.7 Å². The first-order chi connectivity index (χ1) is 12.4. The van der Waals surface area contributed by atoms with E-state index in [4.69, 9.17) is 0 Å². The third kappa shape index (κ3) is 3.18. The van der Waals surface area contributed by atoms with E-state index in [-0.39, 0.29) is 17.2 Å². The molecule has 2 fully saturated rings. The van der Waals surface area contributed by atoms with Gasteiger partial charge < -0.3 is 4.90 Å². The summed E-state index contributed by atoms with van der Waals surface area (Å²) in [6.07, 6.45) is 7.50. The summed E-state index contributed by atoms with van der Waals surface area (Å²) in [5.74, 6) is -0.0321. The third-order valence-electron chi connectivity index (χ3n) is 6.68. The number of carbonyl (C=O) groups excluding carboxylic acids is 1. The van der Waals surface area contributed by atoms with Crippen LogP contribution in [0.3, 0.4) is 0 Å². The molecule has 0 N–H and O–H groups in total. The van der Waals surface area contributed by atoms with Crippen LogP contribution in [0.2, 0.25) is 0 Å². The van der Waals surface area contributed by atoms with Crippen LogP contribution in [0, 0.1) is 11.3 Å². The maximum absolute atomic E-state index is 13.5. The highest BCUT2D eigenvalue weighted by molar-refractivity contribution is 7.88. The molecular formula is C20H28N2O3S. The monoisotopic (exact) mass is 376 g/mol. The zero-order valence-corrected chi connectivity index (χ0v) is 16.3. The van der Waals surface area contributed by atoms with Crippen molar-refractivity contribution in [2.45, 2.75) is 45.1 Å². The fourth-order valence-electron chi connectivity index (χ4n) is 5.18. The van der Waals surface area contributed by atoms with Crippen LogP contribution in [0.25, 0.3) is 0 Å². The first kappa shape index (κ1) is 18.0. The minimum atomic E-state index is -3.26. The average Bonchev–Trinajstić information content (AvgIpc) is 3.00. The largest absolute Gasteiger partial charge is 0.338 e. The van der Waals surface area contributed by atoms with E-state index in [1.807, 2.05) is 17.0 Å². The molecule has 1 spiro atoms. The SMILES string of the molecule is CS(=O)(=O)N1CC(C(=O)N2CCc3ccccc3C2)C2(CCCCC2)C1. The highest BCUT2D eigenvalue weighted by Gasteiger charge is 2.53. The van der Waals surface area contributed by atoms with Crippen molar-refractivity contribution in [3.05, 3.63) is 35.4 Å². The van der Waals surface area contributed by atoms with Crippen LogP contribution in [-0.2, 0) is 27.8 Å². The number of fused-ring (bicyclic) bond motifs is 1. The van der Waals surface area contributed by atoms with E-state index in [9.17, 15) is 13.2 Å². The van der Waals surface area contributed by atoms with Gasteiger partial charge in [-0.15, -0.1) is 0 Å². The van der Waals surface area contributed by atoms with Gasteiger partial charge in [0.05, 0.1) is 12.2 Å². The highest BCUT2D eigenvalue weighted by atomic mass is 32.2. The lowest BCUT2D eigenvalue weighted by Crippen LogP contribution is -2.46. The van der Waals surface area contributed by atoms with E-state index < -0.39 is 10.0 Å². The molecule has 1 unspecified atom stereocenters. The molecule has 1 aromatic rings. The Balaban J connectivity index is 1.59. The molecule has 0 bridgehead atoms. The second kappa shape index (κ2) is 6.64. The number of benzene rings is 1. The van der Waals surface area contributed by atoms with Crippen molar-refractivity contribution in [2.24, 2.45) is 11.3 Å². The highest BCUT2D eigenvalue weighted by Crippen LogP contribution is 2.49. The Kier molecular flexibility index (Phi) is 4.59. The Morgan fingerprint density at radius 3 is 2.50 bits per heavy atom. The second-order valence-corrected chi connectivity index (χ2v) is 10.3. The van der Waals surface area contributed by atoms with Gasteiger partial charge in [-0.05, 0) is 35.8 Å². The van der Waals surface area contributed by atoms with Gasteiger partial charge in [0.15, 0.2) is 0 Å². The molecule has 1 amide bonds. The number of carbonyl (C=O) groups is 1. The molecule has 26 heavy (non-hydrogen) atoms. The van der Waals surface area contributed by atoms with Crippen LogP contribution in [0.5, 0.6) is 0 Å². The van der Waals surface area contributed by atoms with Crippen molar-refractivity contribution in [1.82, 2.24) is 9.21 Å². The molecular weight excluding hydrogens is 348 g/mol. The molecule has 5 nitrogen and oxygen atoms in total. The van der Waals surface area contributed by atoms with Crippen LogP contribution < -0.4 is 0 Å². The Bertz CT molecular complexity index is 799. The smallest absolute Gasteiger partial charge is 0.227 e. The van der Waals surface area contributed by atoms with Crippen LogP contribution in [0.4, 0.5) is 0 Å². The summed E-state index contributed by atoms with van der Waals surface area (Å²) in [5, 5.41) is 0. The molecule has 2 aliphatic heterocycles. The van der Waals surface area contributed by atoms with E-state index in [2.05, 4.69) is 12.1 Å². The molecule has 3 aliphatic rings. The molecule has 1 aliphatic carbocycles. The first-order valence-electron chi connectivity index (χ1n) is 9.70. The molecule has 6 heteroatoms. The summed E-state index contributed by atoms with van der Waals surface area (Å²) in [6.45, 7) is 2.27. The minimum absolute atomic E-state index is 0.157. The number of hydrogen-bond acceptors (Lipinski definition) is 3. The predicted molar refractivity (Wildman–Crippen MR) is 101 cm³/mol. The minimum Gasteiger partial charge on any atom is -0.338 e. The Morgan fingerprint density at radius 2 is 1.81 bits per heavy atom. The summed E-state index contributed by atoms with van der Waals surface area (Å²) in [6, 6.07) is 8.31. The van der Waals surface area contributed by atoms with E-state index >= 15 is 0 Å². The fourth-order valence-corrected chi connectivity index (χ4v) is 6.09.